The van der Waals surface area contributed by atoms with Crippen LogP contribution in [0.1, 0.15) is 103 Å². The Morgan fingerprint density at radius 3 is 1.20 bits per heavy atom. The first kappa shape index (κ1) is 75.2. The number of alkyl halides is 3. The quantitative estimate of drug-likeness (QED) is 0.0217. The Hall–Kier alpha value is -13.0. The van der Waals surface area contributed by atoms with Crippen LogP contribution in [0.25, 0.3) is 56.9 Å². The summed E-state index contributed by atoms with van der Waals surface area (Å²) in [5, 5.41) is 67.6. The van der Waals surface area contributed by atoms with Crippen LogP contribution >= 0.6 is 15.9 Å². The molecule has 1 aliphatic rings. The lowest BCUT2D eigenvalue weighted by Gasteiger charge is -2.22. The van der Waals surface area contributed by atoms with Crippen molar-refractivity contribution in [2.45, 2.75) is 59.7 Å². The Labute approximate surface area is 598 Å². The molecule has 2 atom stereocenters. The average Bonchev–Trinajstić information content (AvgIpc) is 1.66. The number of nitrogens with one attached hydrogen (secondary N) is 5. The highest BCUT2D eigenvalue weighted by atomic mass is 79.9. The third-order valence-electron chi connectivity index (χ3n) is 15.0. The molecule has 2 unspecified atom stereocenters. The van der Waals surface area contributed by atoms with E-state index in [4.69, 9.17) is 18.9 Å². The minimum atomic E-state index is -4.39. The molecule has 12 aromatic rings. The van der Waals surface area contributed by atoms with Crippen molar-refractivity contribution in [2.75, 3.05) is 19.8 Å². The topological polar surface area (TPSA) is 404 Å². The van der Waals surface area contributed by atoms with Crippen molar-refractivity contribution < 1.29 is 60.8 Å². The van der Waals surface area contributed by atoms with Crippen LogP contribution in [0, 0.1) is 18.8 Å². The van der Waals surface area contributed by atoms with E-state index in [2.05, 4.69) is 143 Å². The van der Waals surface area contributed by atoms with Gasteiger partial charge in [-0.25, -0.2) is 24.0 Å². The number of carbonyl (C=O) groups excluding carboxylic acids is 5. The van der Waals surface area contributed by atoms with E-state index in [1.54, 1.807) is 134 Å². The molecule has 30 nitrogen and oxygen atoms in total. The maximum atomic E-state index is 12.3. The number of rotatable bonds is 19. The highest BCUT2D eigenvalue weighted by Crippen LogP contribution is 2.30. The number of allylic oxidation sites excluding steroid dienone is 2. The Morgan fingerprint density at radius 2 is 0.875 bits per heavy atom. The average molecular weight is 1480 g/mol. The molecule has 0 saturated heterocycles. The molecule has 0 spiro atoms. The summed E-state index contributed by atoms with van der Waals surface area (Å²) in [5.41, 5.74) is 10.4. The van der Waals surface area contributed by atoms with Crippen molar-refractivity contribution in [1.82, 2.24) is 103 Å². The summed E-state index contributed by atoms with van der Waals surface area (Å²) < 4.78 is 63.3. The van der Waals surface area contributed by atoms with E-state index in [1.807, 2.05) is 37.3 Å². The van der Waals surface area contributed by atoms with Crippen LogP contribution in [0.5, 0.6) is 5.75 Å². The number of tetrazole rings is 5. The number of nitrogens with zero attached hydrogens (tertiary/aromatic N) is 15. The van der Waals surface area contributed by atoms with Crippen molar-refractivity contribution >= 4 is 45.8 Å². The van der Waals surface area contributed by atoms with E-state index in [0.29, 0.717) is 81.8 Å². The van der Waals surface area contributed by atoms with Crippen LogP contribution in [-0.2, 0) is 25.6 Å². The molecule has 0 radical (unpaired) electrons. The fraction of sp³-hybridized carbons (Fsp3) is 0.200. The van der Waals surface area contributed by atoms with Gasteiger partial charge in [0.1, 0.15) is 25.6 Å². The molecule has 104 heavy (non-hydrogen) atoms. The van der Waals surface area contributed by atoms with E-state index in [1.165, 1.54) is 28.8 Å². The van der Waals surface area contributed by atoms with Gasteiger partial charge in [0.05, 0.1) is 40.3 Å². The van der Waals surface area contributed by atoms with Crippen LogP contribution in [0.2, 0.25) is 0 Å². The van der Waals surface area contributed by atoms with Crippen LogP contribution in [-0.4, -0.2) is 159 Å². The van der Waals surface area contributed by atoms with E-state index in [0.717, 1.165) is 58.5 Å². The lowest BCUT2D eigenvalue weighted by molar-refractivity contribution is -0.178. The molecule has 0 amide bonds. The summed E-state index contributed by atoms with van der Waals surface area (Å²) in [4.78, 5) is 59.2. The van der Waals surface area contributed by atoms with Crippen molar-refractivity contribution in [3.8, 4) is 62.7 Å². The van der Waals surface area contributed by atoms with Gasteiger partial charge in [-0.15, -0.1) is 51.0 Å². The Morgan fingerprint density at radius 1 is 0.510 bits per heavy atom. The first-order chi connectivity index (χ1) is 50.3. The Kier molecular flexibility index (Phi) is 27.1. The third kappa shape index (κ3) is 22.8. The molecule has 13 rings (SSSR count). The number of aryl methyl sites for hydroxylation is 1. The second-order valence-corrected chi connectivity index (χ2v) is 23.4. The SMILES string of the molecule is C=C(C)C1CC=C(COC(=O)c2ccc(-c3nn[nH]n3)cc2)CC1.CC(COC(=O)c1ccc(-c2nn[nH]n2)cc1)C(F)(F)F.CCOC(=O)c1ccc(-c2nn[nH]n2)cc1.Cc1ccc(COC(=O)c2ccc(-c3nn[nH]n3)cc2)cc1.O=C(Oc1cccc(Br)c1)c1ccc(-c2nn[nH]n2)cc1. The fourth-order valence-corrected chi connectivity index (χ4v) is 9.49. The fourth-order valence-electron chi connectivity index (χ4n) is 9.11. The second-order valence-electron chi connectivity index (χ2n) is 22.5. The Balaban J connectivity index is 0.000000152. The van der Waals surface area contributed by atoms with Crippen molar-refractivity contribution in [3.05, 3.63) is 237 Å². The van der Waals surface area contributed by atoms with Gasteiger partial charge in [0.25, 0.3) is 0 Å². The van der Waals surface area contributed by atoms with Gasteiger partial charge in [0.2, 0.25) is 29.1 Å². The van der Waals surface area contributed by atoms with Crippen LogP contribution in [0.15, 0.2) is 198 Å². The molecule has 532 valence electrons. The minimum Gasteiger partial charge on any atom is -0.462 e. The Bertz CT molecular complexity index is 4710. The lowest BCUT2D eigenvalue weighted by Crippen LogP contribution is -2.25. The van der Waals surface area contributed by atoms with Gasteiger partial charge in [0, 0.05) is 32.3 Å². The normalized spacial score (nSPS) is 12.4. The second kappa shape index (κ2) is 37.4. The van der Waals surface area contributed by atoms with E-state index in [9.17, 15) is 37.1 Å². The number of halogens is 4. The molecular formula is C70H64BrF3N20O10. The molecule has 7 aromatic carbocycles. The zero-order valence-electron chi connectivity index (χ0n) is 55.9. The van der Waals surface area contributed by atoms with Gasteiger partial charge >= 0.3 is 36.0 Å². The number of hydrogen-bond donors (Lipinski definition) is 5. The number of H-pyrrole nitrogens is 5. The van der Waals surface area contributed by atoms with E-state index >= 15 is 0 Å². The molecule has 5 aromatic heterocycles. The number of carbonyl (C=O) groups is 5. The maximum absolute atomic E-state index is 12.3. The molecule has 0 saturated carbocycles. The van der Waals surface area contributed by atoms with E-state index < -0.39 is 30.6 Å². The van der Waals surface area contributed by atoms with Crippen LogP contribution in [0.4, 0.5) is 13.2 Å². The molecule has 5 N–H and O–H groups in total. The zero-order valence-corrected chi connectivity index (χ0v) is 57.4. The van der Waals surface area contributed by atoms with Gasteiger partial charge < -0.3 is 23.7 Å². The monoisotopic (exact) mass is 1480 g/mol. The molecule has 34 heteroatoms. The van der Waals surface area contributed by atoms with Crippen molar-refractivity contribution in [3.63, 3.8) is 0 Å². The summed E-state index contributed by atoms with van der Waals surface area (Å²) in [6.45, 7) is 11.1. The van der Waals surface area contributed by atoms with Gasteiger partial charge in [0.15, 0.2) is 0 Å². The summed E-state index contributed by atoms with van der Waals surface area (Å²) in [7, 11) is 0. The number of hydrogen-bond acceptors (Lipinski definition) is 25. The highest BCUT2D eigenvalue weighted by Gasteiger charge is 2.37. The van der Waals surface area contributed by atoms with Crippen LogP contribution < -0.4 is 4.74 Å². The third-order valence-corrected chi connectivity index (χ3v) is 15.5. The first-order valence-corrected chi connectivity index (χ1v) is 32.4. The largest absolute Gasteiger partial charge is 0.462 e. The zero-order chi connectivity index (χ0) is 73.8. The minimum absolute atomic E-state index is 0.150. The number of aromatic nitrogens is 20. The summed E-state index contributed by atoms with van der Waals surface area (Å²) in [6.07, 6.45) is 0.819. The summed E-state index contributed by atoms with van der Waals surface area (Å²) >= 11 is 3.33. The number of benzene rings is 7. The van der Waals surface area contributed by atoms with Gasteiger partial charge in [-0.2, -0.15) is 39.2 Å². The number of esters is 5. The van der Waals surface area contributed by atoms with Crippen LogP contribution in [0.3, 0.4) is 0 Å². The molecule has 5 heterocycles. The van der Waals surface area contributed by atoms with Gasteiger partial charge in [-0.1, -0.05) is 138 Å². The summed E-state index contributed by atoms with van der Waals surface area (Å²) in [6, 6.07) is 48.4. The summed E-state index contributed by atoms with van der Waals surface area (Å²) in [5.74, 6) is -0.621. The number of ether oxygens (including phenoxy) is 5. The highest BCUT2D eigenvalue weighted by molar-refractivity contribution is 9.10. The first-order valence-electron chi connectivity index (χ1n) is 31.6. The molecule has 0 bridgehead atoms. The van der Waals surface area contributed by atoms with Crippen molar-refractivity contribution in [2.24, 2.45) is 11.8 Å². The molecule has 0 fully saturated rings. The van der Waals surface area contributed by atoms with Gasteiger partial charge in [-0.05, 0) is 162 Å². The molecular weight excluding hydrogens is 1420 g/mol. The predicted octanol–water partition coefficient (Wildman–Crippen LogP) is 12.0. The lowest BCUT2D eigenvalue weighted by atomic mass is 9.86. The smallest absolute Gasteiger partial charge is 0.394 e. The van der Waals surface area contributed by atoms with E-state index in [-0.39, 0.29) is 30.1 Å². The molecule has 1 aliphatic carbocycles. The predicted molar refractivity (Wildman–Crippen MR) is 369 cm³/mol. The molecule has 0 aliphatic heterocycles. The maximum Gasteiger partial charge on any atom is 0.394 e. The van der Waals surface area contributed by atoms with Crippen molar-refractivity contribution in [1.29, 1.82) is 0 Å². The number of aromatic amines is 5. The standard InChI is InChI=1S/C18H20N4O2.C16H14N4O2.C14H9BrN4O2.C12H11F3N4O2.C10H10N4O2/c1-12(2)14-5-3-13(4-6-14)11-24-18(23)16-9-7-15(8-10-16)17-19-21-22-20-17;1-11-2-4-12(5-3-11)10-22-16(21)14-8-6-13(7-9-14)15-17-19-20-18-15;15-11-2-1-3-12(8-11)21-14(20)10-6-4-9(5-7-10)13-16-18-19-17-13;1-7(12(13,14)15)6-21-11(20)9-4-2-8(3-5-9)10-16-18-19-17-10;1-2-16-10(15)8-5-3-7(4-6-8)9-11-13-14-12-9/h3,7-10,14H,1,4-6,11H2,2H3,(H,19,20,21,22);2-9H,10H2,1H3,(H,17,18,19,20);1-8H,(H,16,17,18,19);2-5,7H,6H2,1H3,(H,16,17,18,19);3-6H,2H2,1H3,(H,11,12,13,14). The van der Waals surface area contributed by atoms with Gasteiger partial charge in [-0.3, -0.25) is 0 Å².